The van der Waals surface area contributed by atoms with Crippen molar-refractivity contribution < 1.29 is 17.9 Å². The molecule has 0 atom stereocenters. The predicted molar refractivity (Wildman–Crippen MR) is 74.8 cm³/mol. The Morgan fingerprint density at radius 1 is 1.14 bits per heavy atom. The van der Waals surface area contributed by atoms with Gasteiger partial charge in [-0.1, -0.05) is 0 Å². The smallest absolute Gasteiger partial charge is 0.416 e. The number of hydrogen-bond donors (Lipinski definition) is 1. The van der Waals surface area contributed by atoms with E-state index >= 15 is 0 Å². The van der Waals surface area contributed by atoms with Crippen LogP contribution < -0.4 is 10.1 Å². The highest BCUT2D eigenvalue weighted by Crippen LogP contribution is 2.35. The van der Waals surface area contributed by atoms with Gasteiger partial charge in [-0.05, 0) is 32.9 Å². The Hall–Kier alpha value is -2.67. The maximum absolute atomic E-state index is 12.9. The molecule has 0 aliphatic rings. The van der Waals surface area contributed by atoms with Crippen molar-refractivity contribution in [3.8, 4) is 17.9 Å². The van der Waals surface area contributed by atoms with Gasteiger partial charge in [0.25, 0.3) is 0 Å². The van der Waals surface area contributed by atoms with E-state index < -0.39 is 17.3 Å². The van der Waals surface area contributed by atoms with Crippen molar-refractivity contribution in [2.45, 2.75) is 32.5 Å². The van der Waals surface area contributed by atoms with Crippen molar-refractivity contribution >= 4 is 5.69 Å². The molecule has 0 aliphatic heterocycles. The normalized spacial score (nSPS) is 11.1. The third-order valence-corrected chi connectivity index (χ3v) is 2.28. The van der Waals surface area contributed by atoms with Crippen LogP contribution in [0.2, 0.25) is 0 Å². The molecule has 0 radical (unpaired) electrons. The summed E-state index contributed by atoms with van der Waals surface area (Å²) in [6.07, 6.45) is -3.50. The zero-order chi connectivity index (χ0) is 17.0. The van der Waals surface area contributed by atoms with E-state index in [9.17, 15) is 13.2 Å². The van der Waals surface area contributed by atoms with E-state index in [0.717, 1.165) is 18.3 Å². The highest BCUT2D eigenvalue weighted by molar-refractivity contribution is 5.55. The monoisotopic (exact) mass is 309 g/mol. The van der Waals surface area contributed by atoms with Crippen LogP contribution in [0.15, 0.2) is 30.0 Å². The molecular formula is C15H14F3N3O. The van der Waals surface area contributed by atoms with Gasteiger partial charge in [0.2, 0.25) is 0 Å². The Morgan fingerprint density at radius 3 is 2.18 bits per heavy atom. The first-order chi connectivity index (χ1) is 10.0. The Labute approximate surface area is 126 Å². The highest BCUT2D eigenvalue weighted by Gasteiger charge is 2.31. The maximum Gasteiger partial charge on any atom is 0.416 e. The van der Waals surface area contributed by atoms with Crippen LogP contribution in [0.4, 0.5) is 18.9 Å². The average Bonchev–Trinajstić information content (AvgIpc) is 2.36. The molecule has 1 aromatic carbocycles. The molecule has 0 heterocycles. The van der Waals surface area contributed by atoms with Gasteiger partial charge in [-0.2, -0.15) is 23.7 Å². The Kier molecular flexibility index (Phi) is 5.06. The summed E-state index contributed by atoms with van der Waals surface area (Å²) in [7, 11) is 0. The predicted octanol–water partition coefficient (Wildman–Crippen LogP) is 4.23. The Morgan fingerprint density at radius 2 is 1.73 bits per heavy atom. The van der Waals surface area contributed by atoms with Crippen molar-refractivity contribution in [1.82, 2.24) is 0 Å². The molecule has 0 spiro atoms. The van der Waals surface area contributed by atoms with Crippen molar-refractivity contribution in [3.63, 3.8) is 0 Å². The second-order valence-electron chi connectivity index (χ2n) is 5.38. The van der Waals surface area contributed by atoms with Gasteiger partial charge in [0.05, 0.1) is 5.56 Å². The van der Waals surface area contributed by atoms with Crippen LogP contribution in [0.3, 0.4) is 0 Å². The van der Waals surface area contributed by atoms with E-state index in [0.29, 0.717) is 0 Å². The van der Waals surface area contributed by atoms with Gasteiger partial charge in [0.15, 0.2) is 0 Å². The number of alkyl halides is 3. The summed E-state index contributed by atoms with van der Waals surface area (Å²) >= 11 is 0. The zero-order valence-corrected chi connectivity index (χ0v) is 12.2. The molecule has 0 saturated carbocycles. The van der Waals surface area contributed by atoms with Crippen LogP contribution >= 0.6 is 0 Å². The molecule has 0 aromatic heterocycles. The quantitative estimate of drug-likeness (QED) is 0.848. The number of nitriles is 2. The number of benzene rings is 1. The van der Waals surface area contributed by atoms with Crippen LogP contribution in [0.25, 0.3) is 0 Å². The summed E-state index contributed by atoms with van der Waals surface area (Å²) in [5.74, 6) is 0.0358. The van der Waals surface area contributed by atoms with Gasteiger partial charge in [-0.25, -0.2) is 0 Å². The first-order valence-corrected chi connectivity index (χ1v) is 6.23. The van der Waals surface area contributed by atoms with Gasteiger partial charge in [-0.3, -0.25) is 0 Å². The molecule has 1 N–H and O–H groups in total. The van der Waals surface area contributed by atoms with E-state index in [1.807, 2.05) is 0 Å². The number of nitrogens with zero attached hydrogens (tertiary/aromatic N) is 2. The molecule has 22 heavy (non-hydrogen) atoms. The highest BCUT2D eigenvalue weighted by atomic mass is 19.4. The summed E-state index contributed by atoms with van der Waals surface area (Å²) in [5.41, 5.74) is -1.74. The molecule has 1 rings (SSSR count). The molecule has 0 fully saturated rings. The van der Waals surface area contributed by atoms with Crippen molar-refractivity contribution in [2.24, 2.45) is 0 Å². The van der Waals surface area contributed by atoms with Crippen LogP contribution in [0.1, 0.15) is 26.3 Å². The lowest BCUT2D eigenvalue weighted by molar-refractivity contribution is -0.137. The van der Waals surface area contributed by atoms with Crippen molar-refractivity contribution in [1.29, 1.82) is 10.5 Å². The first-order valence-electron chi connectivity index (χ1n) is 6.23. The molecule has 0 bridgehead atoms. The lowest BCUT2D eigenvalue weighted by atomic mass is 10.1. The van der Waals surface area contributed by atoms with E-state index in [1.54, 1.807) is 32.9 Å². The number of allylic oxidation sites excluding steroid dienone is 1. The van der Waals surface area contributed by atoms with Crippen LogP contribution in [0.5, 0.6) is 5.75 Å². The third kappa shape index (κ3) is 5.37. The van der Waals surface area contributed by atoms with Gasteiger partial charge in [0, 0.05) is 18.0 Å². The van der Waals surface area contributed by atoms with Crippen molar-refractivity contribution in [2.75, 3.05) is 5.32 Å². The first kappa shape index (κ1) is 17.4. The number of rotatable bonds is 3. The van der Waals surface area contributed by atoms with E-state index in [1.165, 1.54) is 6.07 Å². The topological polar surface area (TPSA) is 68.8 Å². The fourth-order valence-electron chi connectivity index (χ4n) is 1.50. The number of anilines is 1. The fourth-order valence-corrected chi connectivity index (χ4v) is 1.50. The zero-order valence-electron chi connectivity index (χ0n) is 12.2. The minimum atomic E-state index is -4.54. The van der Waals surface area contributed by atoms with Gasteiger partial charge < -0.3 is 10.1 Å². The lowest BCUT2D eigenvalue weighted by Gasteiger charge is -2.22. The average molecular weight is 309 g/mol. The number of hydrogen-bond acceptors (Lipinski definition) is 4. The number of ether oxygens (including phenoxy) is 1. The molecule has 1 aromatic rings. The standard InChI is InChI=1S/C15H14F3N3O/c1-14(2,3)22-13-5-11(15(16,17)18)4-12(6-13)21-9-10(7-19)8-20/h4-6,9,21H,1-3H3. The Bertz CT molecular complexity index is 643. The minimum Gasteiger partial charge on any atom is -0.488 e. The van der Waals surface area contributed by atoms with Crippen LogP contribution in [0, 0.1) is 22.7 Å². The maximum atomic E-state index is 12.9. The summed E-state index contributed by atoms with van der Waals surface area (Å²) in [4.78, 5) is 0. The molecule has 0 amide bonds. The van der Waals surface area contributed by atoms with Crippen LogP contribution in [-0.4, -0.2) is 5.60 Å². The van der Waals surface area contributed by atoms with Gasteiger partial charge >= 0.3 is 6.18 Å². The van der Waals surface area contributed by atoms with Crippen molar-refractivity contribution in [3.05, 3.63) is 35.5 Å². The second-order valence-corrected chi connectivity index (χ2v) is 5.38. The summed E-state index contributed by atoms with van der Waals surface area (Å²) in [5, 5.41) is 19.7. The third-order valence-electron chi connectivity index (χ3n) is 2.28. The van der Waals surface area contributed by atoms with E-state index in [-0.39, 0.29) is 17.0 Å². The molecule has 116 valence electrons. The molecule has 7 heteroatoms. The SMILES string of the molecule is CC(C)(C)Oc1cc(NC=C(C#N)C#N)cc(C(F)(F)F)c1. The molecule has 0 unspecified atom stereocenters. The lowest BCUT2D eigenvalue weighted by Crippen LogP contribution is -2.23. The molecule has 0 saturated heterocycles. The number of nitrogens with one attached hydrogen (secondary N) is 1. The van der Waals surface area contributed by atoms with Crippen LogP contribution in [-0.2, 0) is 6.18 Å². The molecule has 4 nitrogen and oxygen atoms in total. The summed E-state index contributed by atoms with van der Waals surface area (Å²) in [6.45, 7) is 5.14. The molecule has 0 aliphatic carbocycles. The van der Waals surface area contributed by atoms with Gasteiger partial charge in [-0.15, -0.1) is 0 Å². The summed E-state index contributed by atoms with van der Waals surface area (Å²) < 4.78 is 44.2. The number of halogens is 3. The summed E-state index contributed by atoms with van der Waals surface area (Å²) in [6, 6.07) is 6.34. The van der Waals surface area contributed by atoms with E-state index in [4.69, 9.17) is 15.3 Å². The largest absolute Gasteiger partial charge is 0.488 e. The Balaban J connectivity index is 3.22. The molecular weight excluding hydrogens is 295 g/mol. The second kappa shape index (κ2) is 6.40. The minimum absolute atomic E-state index is 0.0358. The van der Waals surface area contributed by atoms with E-state index in [2.05, 4.69) is 5.32 Å². The van der Waals surface area contributed by atoms with Gasteiger partial charge in [0.1, 0.15) is 29.1 Å². The fraction of sp³-hybridized carbons (Fsp3) is 0.333.